The van der Waals surface area contributed by atoms with Gasteiger partial charge in [0.1, 0.15) is 0 Å². The van der Waals surface area contributed by atoms with Crippen LogP contribution in [-0.2, 0) is 20.9 Å². The lowest BCUT2D eigenvalue weighted by Gasteiger charge is -2.14. The number of carboxylic acid groups (broad SMARTS) is 2. The zero-order chi connectivity index (χ0) is 22.7. The van der Waals surface area contributed by atoms with E-state index >= 15 is 0 Å². The summed E-state index contributed by atoms with van der Waals surface area (Å²) in [6.45, 7) is 0.743. The Labute approximate surface area is 182 Å². The number of allylic oxidation sites excluding steroid dienone is 2. The van der Waals surface area contributed by atoms with Crippen molar-refractivity contribution in [2.75, 3.05) is 0 Å². The van der Waals surface area contributed by atoms with E-state index in [2.05, 4.69) is 45.8 Å². The Morgan fingerprint density at radius 1 is 1.00 bits per heavy atom. The average molecular weight is 420 g/mol. The number of pyridine rings is 1. The van der Waals surface area contributed by atoms with Crippen molar-refractivity contribution < 1.29 is 24.6 Å². The van der Waals surface area contributed by atoms with Gasteiger partial charge in [0.15, 0.2) is 5.78 Å². The molecule has 0 bridgehead atoms. The van der Waals surface area contributed by atoms with Crippen LogP contribution in [0.3, 0.4) is 0 Å². The lowest BCUT2D eigenvalue weighted by atomic mass is 10.0. The van der Waals surface area contributed by atoms with Crippen molar-refractivity contribution in [2.24, 2.45) is 0 Å². The van der Waals surface area contributed by atoms with Crippen molar-refractivity contribution in [3.8, 4) is 35.5 Å². The normalized spacial score (nSPS) is 11.5. The summed E-state index contributed by atoms with van der Waals surface area (Å²) in [6, 6.07) is 3.93. The van der Waals surface area contributed by atoms with Gasteiger partial charge < -0.3 is 15.5 Å². The minimum Gasteiger partial charge on any atom is -0.481 e. The van der Waals surface area contributed by atoms with E-state index in [9.17, 15) is 14.4 Å². The molecule has 0 aliphatic heterocycles. The fourth-order valence-electron chi connectivity index (χ4n) is 2.26. The van der Waals surface area contributed by atoms with Crippen LogP contribution in [0.5, 0.6) is 0 Å². The maximum atomic E-state index is 11.2. The molecule has 160 valence electrons. The second-order valence-corrected chi connectivity index (χ2v) is 6.35. The number of carbonyl (C=O) groups is 3. The number of aromatic nitrogens is 1. The molecule has 0 saturated heterocycles. The van der Waals surface area contributed by atoms with Gasteiger partial charge >= 0.3 is 11.9 Å². The number of hydrogen-bond acceptors (Lipinski definition) is 5. The quantitative estimate of drug-likeness (QED) is 0.581. The number of nitrogens with one attached hydrogen (secondary N) is 1. The minimum atomic E-state index is -0.893. The number of aliphatic carboxylic acids is 2. The van der Waals surface area contributed by atoms with Crippen LogP contribution in [0.2, 0.25) is 0 Å². The van der Waals surface area contributed by atoms with E-state index in [1.807, 2.05) is 18.3 Å². The number of ketones is 1. The number of hydrogen-bond donors (Lipinski definition) is 3. The van der Waals surface area contributed by atoms with E-state index in [1.54, 1.807) is 12.3 Å². The summed E-state index contributed by atoms with van der Waals surface area (Å²) in [5.74, 6) is 13.3. The van der Waals surface area contributed by atoms with Gasteiger partial charge in [-0.15, -0.1) is 0 Å². The zero-order valence-electron chi connectivity index (χ0n) is 17.1. The van der Waals surface area contributed by atoms with Crippen LogP contribution in [-0.4, -0.2) is 32.9 Å². The molecular weight excluding hydrogens is 396 g/mol. The molecule has 0 radical (unpaired) electrons. The number of rotatable bonds is 7. The predicted molar refractivity (Wildman–Crippen MR) is 115 cm³/mol. The molecule has 3 N–H and O–H groups in total. The summed E-state index contributed by atoms with van der Waals surface area (Å²) in [6.07, 6.45) is 8.46. The highest BCUT2D eigenvalue weighted by molar-refractivity contribution is 5.91. The highest BCUT2D eigenvalue weighted by Gasteiger charge is 2.08. The van der Waals surface area contributed by atoms with Gasteiger partial charge in [-0.05, 0) is 48.2 Å². The Balaban J connectivity index is 0.000000310. The summed E-state index contributed by atoms with van der Waals surface area (Å²) >= 11 is 0. The summed E-state index contributed by atoms with van der Waals surface area (Å²) < 4.78 is 0. The highest BCUT2D eigenvalue weighted by atomic mass is 16.4. The Bertz CT molecular complexity index is 924. The Morgan fingerprint density at radius 2 is 1.65 bits per heavy atom. The topological polar surface area (TPSA) is 117 Å². The van der Waals surface area contributed by atoms with Crippen molar-refractivity contribution in [1.82, 2.24) is 10.3 Å². The van der Waals surface area contributed by atoms with Crippen molar-refractivity contribution >= 4 is 17.7 Å². The van der Waals surface area contributed by atoms with Crippen LogP contribution in [0.25, 0.3) is 0 Å². The summed E-state index contributed by atoms with van der Waals surface area (Å²) in [5, 5.41) is 19.8. The molecule has 0 unspecified atom stereocenters. The van der Waals surface area contributed by atoms with Gasteiger partial charge in [-0.1, -0.05) is 17.9 Å². The van der Waals surface area contributed by atoms with Gasteiger partial charge in [0.2, 0.25) is 0 Å². The molecule has 1 aromatic heterocycles. The molecule has 2 rings (SSSR count). The molecule has 0 spiro atoms. The second-order valence-electron chi connectivity index (χ2n) is 6.35. The molecular formula is C24H24N2O5. The Kier molecular flexibility index (Phi) is 12.8. The molecule has 1 heterocycles. The lowest BCUT2D eigenvalue weighted by Crippen LogP contribution is -2.17. The van der Waals surface area contributed by atoms with Gasteiger partial charge in [0.25, 0.3) is 0 Å². The lowest BCUT2D eigenvalue weighted by molar-refractivity contribution is -0.137. The SMILES string of the molecule is O=C(O)CCC#CC#CC#CCCC(=O)O.O=C1C=C(NCc2cccnc2)CCC1. The number of carboxylic acids is 2. The van der Waals surface area contributed by atoms with E-state index in [0.717, 1.165) is 30.6 Å². The maximum absolute atomic E-state index is 11.2. The molecule has 7 heteroatoms. The second kappa shape index (κ2) is 15.9. The van der Waals surface area contributed by atoms with Gasteiger partial charge in [-0.25, -0.2) is 0 Å². The largest absolute Gasteiger partial charge is 0.481 e. The fraction of sp³-hybridized carbons (Fsp3) is 0.333. The molecule has 7 nitrogen and oxygen atoms in total. The summed E-state index contributed by atoms with van der Waals surface area (Å²) in [4.78, 5) is 35.4. The van der Waals surface area contributed by atoms with E-state index in [0.29, 0.717) is 6.42 Å². The van der Waals surface area contributed by atoms with E-state index in [-0.39, 0.29) is 31.5 Å². The summed E-state index contributed by atoms with van der Waals surface area (Å²) in [7, 11) is 0. The maximum Gasteiger partial charge on any atom is 0.304 e. The van der Waals surface area contributed by atoms with E-state index in [4.69, 9.17) is 10.2 Å². The minimum absolute atomic E-state index is 0.00102. The number of carbonyl (C=O) groups excluding carboxylic acids is 1. The van der Waals surface area contributed by atoms with E-state index < -0.39 is 11.9 Å². The molecule has 1 aromatic rings. The summed E-state index contributed by atoms with van der Waals surface area (Å²) in [5.41, 5.74) is 2.19. The van der Waals surface area contributed by atoms with Crippen LogP contribution in [0.4, 0.5) is 0 Å². The van der Waals surface area contributed by atoms with Crippen molar-refractivity contribution in [1.29, 1.82) is 0 Å². The molecule has 31 heavy (non-hydrogen) atoms. The number of nitrogens with zero attached hydrogens (tertiary/aromatic N) is 1. The molecule has 0 atom stereocenters. The van der Waals surface area contributed by atoms with E-state index in [1.165, 1.54) is 0 Å². The van der Waals surface area contributed by atoms with Crippen LogP contribution < -0.4 is 5.32 Å². The van der Waals surface area contributed by atoms with Crippen molar-refractivity contribution in [3.05, 3.63) is 41.9 Å². The van der Waals surface area contributed by atoms with Crippen molar-refractivity contribution in [3.63, 3.8) is 0 Å². The molecule has 0 fully saturated rings. The van der Waals surface area contributed by atoms with Crippen LogP contribution in [0.15, 0.2) is 36.3 Å². The standard InChI is InChI=1S/C12H14N2O.C12H10O4/c15-12-5-1-4-11(7-12)14-9-10-3-2-6-13-8-10;13-11(14)9-7-5-3-1-2-4-6-8-10-12(15)16/h2-3,6-8,14H,1,4-5,9H2;7-10H2,(H,13,14)(H,15,16). The van der Waals surface area contributed by atoms with Crippen LogP contribution in [0.1, 0.15) is 50.5 Å². The first-order chi connectivity index (χ1) is 15.0. The smallest absolute Gasteiger partial charge is 0.304 e. The van der Waals surface area contributed by atoms with Crippen LogP contribution >= 0.6 is 0 Å². The third-order valence-corrected chi connectivity index (χ3v) is 3.74. The highest BCUT2D eigenvalue weighted by Crippen LogP contribution is 2.13. The fourth-order valence-corrected chi connectivity index (χ4v) is 2.26. The predicted octanol–water partition coefficient (Wildman–Crippen LogP) is 2.53. The van der Waals surface area contributed by atoms with Gasteiger partial charge in [0.05, 0.1) is 12.8 Å². The first kappa shape index (κ1) is 25.0. The van der Waals surface area contributed by atoms with Gasteiger partial charge in [0, 0.05) is 50.0 Å². The third kappa shape index (κ3) is 14.6. The monoisotopic (exact) mass is 420 g/mol. The van der Waals surface area contributed by atoms with Crippen LogP contribution in [0, 0.1) is 35.5 Å². The average Bonchev–Trinajstić information content (AvgIpc) is 2.74. The first-order valence-corrected chi connectivity index (χ1v) is 9.73. The molecule has 1 aliphatic carbocycles. The van der Waals surface area contributed by atoms with Crippen molar-refractivity contribution in [2.45, 2.75) is 51.5 Å². The van der Waals surface area contributed by atoms with Gasteiger partial charge in [-0.2, -0.15) is 0 Å². The Hall–Kier alpha value is -4.02. The molecule has 0 amide bonds. The molecule has 0 aromatic carbocycles. The third-order valence-electron chi connectivity index (χ3n) is 3.74. The first-order valence-electron chi connectivity index (χ1n) is 9.73. The molecule has 1 aliphatic rings. The Morgan fingerprint density at radius 3 is 2.16 bits per heavy atom. The van der Waals surface area contributed by atoms with Gasteiger partial charge in [-0.3, -0.25) is 19.4 Å². The molecule has 0 saturated carbocycles. The zero-order valence-corrected chi connectivity index (χ0v) is 17.1.